The number of ether oxygens (including phenoxy) is 2. The van der Waals surface area contributed by atoms with Crippen LogP contribution in [0.2, 0.25) is 0 Å². The first-order chi connectivity index (χ1) is 22.7. The molecule has 2 atom stereocenters. The van der Waals surface area contributed by atoms with Crippen LogP contribution < -0.4 is 9.47 Å². The van der Waals surface area contributed by atoms with Crippen molar-refractivity contribution in [3.8, 4) is 11.5 Å². The second-order valence-electron chi connectivity index (χ2n) is 14.6. The fraction of sp³-hybridized carbons (Fsp3) is 0.381. The quantitative estimate of drug-likeness (QED) is 0.146. The summed E-state index contributed by atoms with van der Waals surface area (Å²) in [7, 11) is 0. The zero-order valence-corrected chi connectivity index (χ0v) is 29.9. The monoisotopic (exact) mass is 648 g/mol. The first-order valence-corrected chi connectivity index (χ1v) is 16.9. The van der Waals surface area contributed by atoms with E-state index < -0.39 is 12.2 Å². The molecule has 0 aliphatic heterocycles. The minimum atomic E-state index is -0.717. The Balaban J connectivity index is 1.51. The van der Waals surface area contributed by atoms with Crippen molar-refractivity contribution in [2.24, 2.45) is 0 Å². The number of carbonyl (C=O) groups is 2. The molecule has 0 saturated carbocycles. The Kier molecular flexibility index (Phi) is 12.1. The van der Waals surface area contributed by atoms with Crippen molar-refractivity contribution in [2.45, 2.75) is 91.5 Å². The molecule has 0 saturated heterocycles. The summed E-state index contributed by atoms with van der Waals surface area (Å²) < 4.78 is 12.3. The minimum Gasteiger partial charge on any atom is -0.481 e. The maximum absolute atomic E-state index is 14.0. The van der Waals surface area contributed by atoms with Gasteiger partial charge in [0.05, 0.1) is 0 Å². The molecular formula is C42H52N2O4. The molecule has 0 bridgehead atoms. The number of hydrogen-bond donors (Lipinski definition) is 0. The zero-order valence-electron chi connectivity index (χ0n) is 29.9. The molecule has 4 aromatic rings. The SMILES string of the molecule is CC(Oc1ccc(C(C)(C)C)cc1)C(=O)N(CCN(Cc1ccccc1)C(=O)C(C)Oc1ccc(C(C)(C)C)cc1)Cc1ccccc1. The van der Waals surface area contributed by atoms with Gasteiger partial charge in [0, 0.05) is 26.2 Å². The largest absolute Gasteiger partial charge is 0.481 e. The average Bonchev–Trinajstić information content (AvgIpc) is 3.06. The molecule has 0 aliphatic rings. The summed E-state index contributed by atoms with van der Waals surface area (Å²) in [6.45, 7) is 18.0. The van der Waals surface area contributed by atoms with E-state index in [4.69, 9.17) is 9.47 Å². The molecule has 0 N–H and O–H groups in total. The molecule has 4 aromatic carbocycles. The fourth-order valence-electron chi connectivity index (χ4n) is 5.47. The van der Waals surface area contributed by atoms with Gasteiger partial charge in [-0.05, 0) is 71.2 Å². The van der Waals surface area contributed by atoms with E-state index in [1.165, 1.54) is 11.1 Å². The van der Waals surface area contributed by atoms with E-state index in [0.29, 0.717) is 37.7 Å². The van der Waals surface area contributed by atoms with Gasteiger partial charge in [0.15, 0.2) is 12.2 Å². The van der Waals surface area contributed by atoms with Crippen LogP contribution in [0, 0.1) is 0 Å². The lowest BCUT2D eigenvalue weighted by Gasteiger charge is -2.31. The Morgan fingerprint density at radius 1 is 0.521 bits per heavy atom. The van der Waals surface area contributed by atoms with Crippen LogP contribution in [0.4, 0.5) is 0 Å². The Morgan fingerprint density at radius 2 is 0.833 bits per heavy atom. The van der Waals surface area contributed by atoms with Gasteiger partial charge in [0.2, 0.25) is 0 Å². The molecule has 2 amide bonds. The molecule has 6 heteroatoms. The first kappa shape index (κ1) is 36.3. The van der Waals surface area contributed by atoms with Crippen molar-refractivity contribution in [1.82, 2.24) is 9.80 Å². The number of carbonyl (C=O) groups excluding carboxylic acids is 2. The molecule has 0 aliphatic carbocycles. The highest BCUT2D eigenvalue weighted by atomic mass is 16.5. The topological polar surface area (TPSA) is 59.1 Å². The number of amides is 2. The minimum absolute atomic E-state index is 0.0227. The third kappa shape index (κ3) is 10.5. The first-order valence-electron chi connectivity index (χ1n) is 16.9. The van der Waals surface area contributed by atoms with Gasteiger partial charge in [0.25, 0.3) is 11.8 Å². The fourth-order valence-corrected chi connectivity index (χ4v) is 5.47. The Labute approximate surface area is 287 Å². The molecule has 254 valence electrons. The second kappa shape index (κ2) is 16.0. The van der Waals surface area contributed by atoms with Crippen LogP contribution in [0.5, 0.6) is 11.5 Å². The normalized spacial score (nSPS) is 12.9. The van der Waals surface area contributed by atoms with Crippen molar-refractivity contribution < 1.29 is 19.1 Å². The van der Waals surface area contributed by atoms with Gasteiger partial charge in [0.1, 0.15) is 11.5 Å². The third-order valence-corrected chi connectivity index (χ3v) is 8.46. The molecular weight excluding hydrogens is 596 g/mol. The van der Waals surface area contributed by atoms with Gasteiger partial charge in [-0.2, -0.15) is 0 Å². The highest BCUT2D eigenvalue weighted by Crippen LogP contribution is 2.26. The number of nitrogens with zero attached hydrogens (tertiary/aromatic N) is 2. The molecule has 0 fully saturated rings. The highest BCUT2D eigenvalue weighted by Gasteiger charge is 2.27. The van der Waals surface area contributed by atoms with E-state index >= 15 is 0 Å². The molecule has 0 heterocycles. The standard InChI is InChI=1S/C42H52N2O4/c1-31(47-37-23-19-35(20-24-37)41(3,4)5)39(45)43(29-33-15-11-9-12-16-33)27-28-44(30-34-17-13-10-14-18-34)40(46)32(2)48-38-25-21-36(22-26-38)42(6,7)8/h9-26,31-32H,27-30H2,1-8H3. The molecule has 2 unspecified atom stereocenters. The van der Waals surface area contributed by atoms with Crippen molar-refractivity contribution in [1.29, 1.82) is 0 Å². The predicted molar refractivity (Wildman–Crippen MR) is 194 cm³/mol. The van der Waals surface area contributed by atoms with Crippen LogP contribution in [0.3, 0.4) is 0 Å². The van der Waals surface area contributed by atoms with E-state index in [9.17, 15) is 9.59 Å². The van der Waals surface area contributed by atoms with Gasteiger partial charge in [-0.15, -0.1) is 0 Å². The van der Waals surface area contributed by atoms with Gasteiger partial charge in [-0.25, -0.2) is 0 Å². The molecule has 48 heavy (non-hydrogen) atoms. The van der Waals surface area contributed by atoms with Crippen LogP contribution in [0.25, 0.3) is 0 Å². The lowest BCUT2D eigenvalue weighted by molar-refractivity contribution is -0.142. The van der Waals surface area contributed by atoms with Crippen molar-refractivity contribution in [3.63, 3.8) is 0 Å². The van der Waals surface area contributed by atoms with Crippen LogP contribution in [-0.2, 0) is 33.5 Å². The van der Waals surface area contributed by atoms with E-state index in [2.05, 4.69) is 41.5 Å². The summed E-state index contributed by atoms with van der Waals surface area (Å²) in [6.07, 6.45) is -1.43. The summed E-state index contributed by atoms with van der Waals surface area (Å²) in [5.74, 6) is 1.000. The maximum atomic E-state index is 14.0. The lowest BCUT2D eigenvalue weighted by atomic mass is 9.87. The van der Waals surface area contributed by atoms with Crippen LogP contribution >= 0.6 is 0 Å². The van der Waals surface area contributed by atoms with Crippen molar-refractivity contribution in [3.05, 3.63) is 131 Å². The van der Waals surface area contributed by atoms with Crippen LogP contribution in [0.1, 0.15) is 77.6 Å². The van der Waals surface area contributed by atoms with E-state index in [1.807, 2.05) is 109 Å². The van der Waals surface area contributed by atoms with E-state index in [-0.39, 0.29) is 22.6 Å². The van der Waals surface area contributed by atoms with Crippen LogP contribution in [0.15, 0.2) is 109 Å². The second-order valence-corrected chi connectivity index (χ2v) is 14.6. The summed E-state index contributed by atoms with van der Waals surface area (Å²) in [5.41, 5.74) is 4.45. The van der Waals surface area contributed by atoms with Gasteiger partial charge in [-0.1, -0.05) is 126 Å². The molecule has 0 aromatic heterocycles. The van der Waals surface area contributed by atoms with E-state index in [0.717, 1.165) is 11.1 Å². The van der Waals surface area contributed by atoms with E-state index in [1.54, 1.807) is 23.6 Å². The molecule has 4 rings (SSSR count). The Morgan fingerprint density at radius 3 is 1.12 bits per heavy atom. The summed E-state index contributed by atoms with van der Waals surface area (Å²) in [5, 5.41) is 0. The highest BCUT2D eigenvalue weighted by molar-refractivity contribution is 5.82. The Hall–Kier alpha value is -4.58. The summed E-state index contributed by atoms with van der Waals surface area (Å²) >= 11 is 0. The third-order valence-electron chi connectivity index (χ3n) is 8.46. The maximum Gasteiger partial charge on any atom is 0.263 e. The average molecular weight is 649 g/mol. The smallest absolute Gasteiger partial charge is 0.263 e. The van der Waals surface area contributed by atoms with Crippen LogP contribution in [-0.4, -0.2) is 46.9 Å². The molecule has 0 radical (unpaired) electrons. The number of hydrogen-bond acceptors (Lipinski definition) is 4. The summed E-state index contributed by atoms with van der Waals surface area (Å²) in [4.78, 5) is 31.5. The number of rotatable bonds is 13. The van der Waals surface area contributed by atoms with Crippen molar-refractivity contribution in [2.75, 3.05) is 13.1 Å². The van der Waals surface area contributed by atoms with Gasteiger partial charge in [-0.3, -0.25) is 9.59 Å². The molecule has 6 nitrogen and oxygen atoms in total. The van der Waals surface area contributed by atoms with Gasteiger partial charge < -0.3 is 19.3 Å². The number of benzene rings is 4. The predicted octanol–water partition coefficient (Wildman–Crippen LogP) is 8.57. The lowest BCUT2D eigenvalue weighted by Crippen LogP contribution is -2.47. The van der Waals surface area contributed by atoms with Gasteiger partial charge >= 0.3 is 0 Å². The van der Waals surface area contributed by atoms with Crippen molar-refractivity contribution >= 4 is 11.8 Å². The zero-order chi connectivity index (χ0) is 34.9. The summed E-state index contributed by atoms with van der Waals surface area (Å²) in [6, 6.07) is 35.7. The molecule has 0 spiro atoms. The Bertz CT molecular complexity index is 1470.